The van der Waals surface area contributed by atoms with Crippen molar-refractivity contribution < 1.29 is 4.39 Å². The van der Waals surface area contributed by atoms with Crippen LogP contribution in [0.2, 0.25) is 5.15 Å². The first-order valence-corrected chi connectivity index (χ1v) is 6.63. The molecular formula is C16H12ClFN2. The SMILES string of the molecule is Cc1cc(C)c2nc(-c3cccc(F)c3)nc(Cl)c2c1. The summed E-state index contributed by atoms with van der Waals surface area (Å²) in [4.78, 5) is 8.81. The van der Waals surface area contributed by atoms with Gasteiger partial charge in [-0.05, 0) is 37.6 Å². The van der Waals surface area contributed by atoms with Crippen molar-refractivity contribution in [1.82, 2.24) is 9.97 Å². The number of hydrogen-bond acceptors (Lipinski definition) is 2. The number of fused-ring (bicyclic) bond motifs is 1. The highest BCUT2D eigenvalue weighted by atomic mass is 35.5. The van der Waals surface area contributed by atoms with Crippen LogP contribution >= 0.6 is 11.6 Å². The van der Waals surface area contributed by atoms with Crippen molar-refractivity contribution in [3.63, 3.8) is 0 Å². The van der Waals surface area contributed by atoms with Gasteiger partial charge in [-0.1, -0.05) is 35.4 Å². The highest BCUT2D eigenvalue weighted by Crippen LogP contribution is 2.28. The van der Waals surface area contributed by atoms with E-state index in [1.165, 1.54) is 12.1 Å². The average molecular weight is 287 g/mol. The fourth-order valence-corrected chi connectivity index (χ4v) is 2.53. The van der Waals surface area contributed by atoms with Crippen LogP contribution in [-0.4, -0.2) is 9.97 Å². The number of benzene rings is 2. The quantitative estimate of drug-likeness (QED) is 0.606. The second-order valence-electron chi connectivity index (χ2n) is 4.83. The third-order valence-corrected chi connectivity index (χ3v) is 3.46. The second-order valence-corrected chi connectivity index (χ2v) is 5.18. The molecule has 2 aromatic carbocycles. The van der Waals surface area contributed by atoms with Gasteiger partial charge in [0.2, 0.25) is 0 Å². The minimum atomic E-state index is -0.317. The highest BCUT2D eigenvalue weighted by molar-refractivity contribution is 6.34. The molecule has 4 heteroatoms. The number of aromatic nitrogens is 2. The van der Waals surface area contributed by atoms with Crippen molar-refractivity contribution >= 4 is 22.5 Å². The van der Waals surface area contributed by atoms with Gasteiger partial charge in [0.1, 0.15) is 11.0 Å². The molecule has 0 saturated carbocycles. The molecular weight excluding hydrogens is 275 g/mol. The summed E-state index contributed by atoms with van der Waals surface area (Å²) < 4.78 is 13.3. The van der Waals surface area contributed by atoms with Gasteiger partial charge in [0, 0.05) is 10.9 Å². The van der Waals surface area contributed by atoms with Gasteiger partial charge in [0.15, 0.2) is 5.82 Å². The lowest BCUT2D eigenvalue weighted by atomic mass is 10.1. The van der Waals surface area contributed by atoms with Gasteiger partial charge < -0.3 is 0 Å². The molecule has 0 saturated heterocycles. The van der Waals surface area contributed by atoms with Crippen molar-refractivity contribution in [2.45, 2.75) is 13.8 Å². The van der Waals surface area contributed by atoms with E-state index in [1.807, 2.05) is 26.0 Å². The molecule has 0 spiro atoms. The van der Waals surface area contributed by atoms with Gasteiger partial charge in [0.05, 0.1) is 5.52 Å². The highest BCUT2D eigenvalue weighted by Gasteiger charge is 2.10. The topological polar surface area (TPSA) is 25.8 Å². The minimum absolute atomic E-state index is 0.317. The maximum atomic E-state index is 13.3. The number of nitrogens with zero attached hydrogens (tertiary/aromatic N) is 2. The maximum Gasteiger partial charge on any atom is 0.161 e. The number of rotatable bonds is 1. The average Bonchev–Trinajstić information content (AvgIpc) is 2.39. The van der Waals surface area contributed by atoms with E-state index in [0.29, 0.717) is 16.5 Å². The Labute approximate surface area is 121 Å². The van der Waals surface area contributed by atoms with Gasteiger partial charge in [-0.2, -0.15) is 0 Å². The van der Waals surface area contributed by atoms with Crippen LogP contribution in [0.1, 0.15) is 11.1 Å². The Morgan fingerprint density at radius 3 is 2.60 bits per heavy atom. The Morgan fingerprint density at radius 2 is 1.85 bits per heavy atom. The smallest absolute Gasteiger partial charge is 0.161 e. The molecule has 0 bridgehead atoms. The molecule has 0 amide bonds. The summed E-state index contributed by atoms with van der Waals surface area (Å²) in [6.45, 7) is 3.98. The Morgan fingerprint density at radius 1 is 1.05 bits per heavy atom. The zero-order valence-corrected chi connectivity index (χ0v) is 11.9. The summed E-state index contributed by atoms with van der Waals surface area (Å²) in [5.74, 6) is 0.122. The van der Waals surface area contributed by atoms with Crippen molar-refractivity contribution in [3.8, 4) is 11.4 Å². The lowest BCUT2D eigenvalue weighted by molar-refractivity contribution is 0.628. The van der Waals surface area contributed by atoms with Crippen molar-refractivity contribution in [3.05, 3.63) is 58.5 Å². The molecule has 1 heterocycles. The molecule has 1 aromatic heterocycles. The van der Waals surface area contributed by atoms with E-state index in [2.05, 4.69) is 9.97 Å². The third kappa shape index (κ3) is 2.25. The summed E-state index contributed by atoms with van der Waals surface area (Å²) in [7, 11) is 0. The molecule has 0 radical (unpaired) electrons. The summed E-state index contributed by atoms with van der Waals surface area (Å²) >= 11 is 6.25. The van der Waals surface area contributed by atoms with E-state index in [9.17, 15) is 4.39 Å². The van der Waals surface area contributed by atoms with Crippen LogP contribution < -0.4 is 0 Å². The predicted octanol–water partition coefficient (Wildman–Crippen LogP) is 4.71. The van der Waals surface area contributed by atoms with Gasteiger partial charge >= 0.3 is 0 Å². The third-order valence-electron chi connectivity index (χ3n) is 3.17. The predicted molar refractivity (Wildman–Crippen MR) is 79.4 cm³/mol. The molecule has 0 aliphatic rings. The first-order chi connectivity index (χ1) is 9.54. The number of halogens is 2. The van der Waals surface area contributed by atoms with Crippen LogP contribution in [0.5, 0.6) is 0 Å². The molecule has 3 aromatic rings. The van der Waals surface area contributed by atoms with Crippen molar-refractivity contribution in [1.29, 1.82) is 0 Å². The molecule has 0 atom stereocenters. The monoisotopic (exact) mass is 286 g/mol. The number of hydrogen-bond donors (Lipinski definition) is 0. The van der Waals surface area contributed by atoms with E-state index in [4.69, 9.17) is 11.6 Å². The normalized spacial score (nSPS) is 11.0. The van der Waals surface area contributed by atoms with Crippen LogP contribution in [-0.2, 0) is 0 Å². The van der Waals surface area contributed by atoms with Gasteiger partial charge in [-0.15, -0.1) is 0 Å². The molecule has 2 nitrogen and oxygen atoms in total. The molecule has 0 fully saturated rings. The summed E-state index contributed by atoms with van der Waals surface area (Å²) in [6.07, 6.45) is 0. The lowest BCUT2D eigenvalue weighted by Gasteiger charge is -2.08. The molecule has 0 N–H and O–H groups in total. The Balaban J connectivity index is 2.29. The molecule has 20 heavy (non-hydrogen) atoms. The number of aryl methyl sites for hydroxylation is 2. The Kier molecular flexibility index (Phi) is 3.14. The zero-order chi connectivity index (χ0) is 14.3. The first-order valence-electron chi connectivity index (χ1n) is 6.25. The fraction of sp³-hybridized carbons (Fsp3) is 0.125. The maximum absolute atomic E-state index is 13.3. The van der Waals surface area contributed by atoms with E-state index in [0.717, 1.165) is 22.0 Å². The van der Waals surface area contributed by atoms with Gasteiger partial charge in [-0.25, -0.2) is 14.4 Å². The van der Waals surface area contributed by atoms with Crippen LogP contribution in [0.15, 0.2) is 36.4 Å². The molecule has 0 unspecified atom stereocenters. The zero-order valence-electron chi connectivity index (χ0n) is 11.1. The molecule has 100 valence electrons. The summed E-state index contributed by atoms with van der Waals surface area (Å²) in [6, 6.07) is 10.2. The molecule has 0 aliphatic heterocycles. The van der Waals surface area contributed by atoms with E-state index in [-0.39, 0.29) is 5.82 Å². The standard InChI is InChI=1S/C16H12ClFN2/c1-9-6-10(2)14-13(7-9)15(17)20-16(19-14)11-4-3-5-12(18)8-11/h3-8H,1-2H3. The van der Waals surface area contributed by atoms with Crippen molar-refractivity contribution in [2.75, 3.05) is 0 Å². The van der Waals surface area contributed by atoms with E-state index in [1.54, 1.807) is 12.1 Å². The van der Waals surface area contributed by atoms with Crippen LogP contribution in [0.4, 0.5) is 4.39 Å². The van der Waals surface area contributed by atoms with E-state index >= 15 is 0 Å². The molecule has 0 aliphatic carbocycles. The first kappa shape index (κ1) is 13.0. The van der Waals surface area contributed by atoms with Gasteiger partial charge in [-0.3, -0.25) is 0 Å². The molecule has 3 rings (SSSR count). The summed E-state index contributed by atoms with van der Waals surface area (Å²) in [5.41, 5.74) is 3.56. The largest absolute Gasteiger partial charge is 0.228 e. The van der Waals surface area contributed by atoms with E-state index < -0.39 is 0 Å². The Bertz CT molecular complexity index is 815. The van der Waals surface area contributed by atoms with Crippen LogP contribution in [0, 0.1) is 19.7 Å². The van der Waals surface area contributed by atoms with Crippen molar-refractivity contribution in [2.24, 2.45) is 0 Å². The lowest BCUT2D eigenvalue weighted by Crippen LogP contribution is -1.95. The second kappa shape index (κ2) is 4.84. The van der Waals surface area contributed by atoms with Crippen LogP contribution in [0.3, 0.4) is 0 Å². The van der Waals surface area contributed by atoms with Crippen LogP contribution in [0.25, 0.3) is 22.3 Å². The fourth-order valence-electron chi connectivity index (χ4n) is 2.31. The summed E-state index contributed by atoms with van der Waals surface area (Å²) in [5, 5.41) is 1.21. The Hall–Kier alpha value is -2.00. The minimum Gasteiger partial charge on any atom is -0.228 e. The van der Waals surface area contributed by atoms with Gasteiger partial charge in [0.25, 0.3) is 0 Å².